The molecule has 0 radical (unpaired) electrons. The Bertz CT molecular complexity index is 790. The normalized spacial score (nSPS) is 16.7. The van der Waals surface area contributed by atoms with Crippen LogP contribution in [0.3, 0.4) is 0 Å². The van der Waals surface area contributed by atoms with Crippen LogP contribution in [0, 0.1) is 0 Å². The van der Waals surface area contributed by atoms with Gasteiger partial charge in [-0.1, -0.05) is 49.1 Å². The second-order valence-corrected chi connectivity index (χ2v) is 7.67. The number of amides is 1. The number of ketones is 1. The Balaban J connectivity index is 2.19. The Morgan fingerprint density at radius 1 is 1.37 bits per heavy atom. The number of carbonyl (C=O) groups is 3. The van der Waals surface area contributed by atoms with E-state index in [1.807, 2.05) is 13.0 Å². The number of carboxylic acids is 1. The van der Waals surface area contributed by atoms with E-state index in [-0.39, 0.29) is 24.7 Å². The van der Waals surface area contributed by atoms with E-state index in [0.717, 1.165) is 0 Å². The molecule has 2 rings (SSSR count). The van der Waals surface area contributed by atoms with Gasteiger partial charge in [-0.3, -0.25) is 19.3 Å². The lowest BCUT2D eigenvalue weighted by Crippen LogP contribution is -2.29. The smallest absolute Gasteiger partial charge is 0.303 e. The summed E-state index contributed by atoms with van der Waals surface area (Å²) in [6, 6.07) is 7.18. The molecule has 1 aromatic rings. The van der Waals surface area contributed by atoms with E-state index in [1.165, 1.54) is 23.6 Å². The van der Waals surface area contributed by atoms with E-state index >= 15 is 0 Å². The lowest BCUT2D eigenvalue weighted by molar-refractivity contribution is -0.137. The van der Waals surface area contributed by atoms with E-state index < -0.39 is 12.1 Å². The number of nitrogens with zero attached hydrogens (tertiary/aromatic N) is 1. The molecule has 27 heavy (non-hydrogen) atoms. The van der Waals surface area contributed by atoms with E-state index in [4.69, 9.17) is 22.1 Å². The molecular weight excluding hydrogens is 386 g/mol. The quantitative estimate of drug-likeness (QED) is 0.495. The van der Waals surface area contributed by atoms with Gasteiger partial charge in [0.2, 0.25) is 0 Å². The lowest BCUT2D eigenvalue weighted by Gasteiger charge is -2.16. The molecule has 144 valence electrons. The SMILES string of the molecule is CCC(Oc1ccccc1/C=C1\SC(=S)N(CCCC(=O)O)C1=O)C(C)=O. The first-order valence-electron chi connectivity index (χ1n) is 8.56. The first-order valence-corrected chi connectivity index (χ1v) is 9.79. The van der Waals surface area contributed by atoms with Crippen LogP contribution in [0.2, 0.25) is 0 Å². The molecule has 1 aliphatic heterocycles. The fourth-order valence-electron chi connectivity index (χ4n) is 2.54. The predicted octanol–water partition coefficient (Wildman–Crippen LogP) is 3.50. The molecule has 0 aliphatic carbocycles. The zero-order chi connectivity index (χ0) is 20.0. The summed E-state index contributed by atoms with van der Waals surface area (Å²) in [6.07, 6.45) is 2.03. The Hall–Kier alpha value is -2.19. The van der Waals surface area contributed by atoms with Crippen LogP contribution in [0.5, 0.6) is 5.75 Å². The molecule has 1 unspecified atom stereocenters. The van der Waals surface area contributed by atoms with E-state index in [9.17, 15) is 14.4 Å². The van der Waals surface area contributed by atoms with Crippen LogP contribution in [-0.4, -0.2) is 44.6 Å². The third kappa shape index (κ3) is 5.64. The van der Waals surface area contributed by atoms with Crippen molar-refractivity contribution in [2.75, 3.05) is 6.54 Å². The van der Waals surface area contributed by atoms with Crippen LogP contribution in [0.1, 0.15) is 38.7 Å². The van der Waals surface area contributed by atoms with Gasteiger partial charge in [0.05, 0.1) is 4.91 Å². The summed E-state index contributed by atoms with van der Waals surface area (Å²) in [5, 5.41) is 8.74. The maximum absolute atomic E-state index is 12.6. The molecule has 1 amide bonds. The summed E-state index contributed by atoms with van der Waals surface area (Å²) in [7, 11) is 0. The number of ether oxygens (including phenoxy) is 1. The average Bonchev–Trinajstić information content (AvgIpc) is 2.87. The van der Waals surface area contributed by atoms with Gasteiger partial charge in [-0.15, -0.1) is 0 Å². The van der Waals surface area contributed by atoms with Crippen LogP contribution in [0.4, 0.5) is 0 Å². The van der Waals surface area contributed by atoms with E-state index in [1.54, 1.807) is 24.3 Å². The van der Waals surface area contributed by atoms with Gasteiger partial charge in [0.1, 0.15) is 10.1 Å². The molecule has 1 saturated heterocycles. The number of benzene rings is 1. The Labute approximate surface area is 167 Å². The molecule has 0 spiro atoms. The summed E-state index contributed by atoms with van der Waals surface area (Å²) in [5.74, 6) is -0.686. The number of thiocarbonyl (C=S) groups is 1. The van der Waals surface area contributed by atoms with Gasteiger partial charge in [0, 0.05) is 18.5 Å². The topological polar surface area (TPSA) is 83.9 Å². The van der Waals surface area contributed by atoms with Gasteiger partial charge in [0.25, 0.3) is 5.91 Å². The van der Waals surface area contributed by atoms with Crippen molar-refractivity contribution >= 4 is 52.0 Å². The van der Waals surface area contributed by atoms with Crippen molar-refractivity contribution in [1.82, 2.24) is 4.90 Å². The highest BCUT2D eigenvalue weighted by Gasteiger charge is 2.32. The second-order valence-electron chi connectivity index (χ2n) is 5.99. The van der Waals surface area contributed by atoms with Gasteiger partial charge in [0.15, 0.2) is 11.9 Å². The van der Waals surface area contributed by atoms with Gasteiger partial charge in [-0.05, 0) is 31.9 Å². The monoisotopic (exact) mass is 407 g/mol. The van der Waals surface area contributed by atoms with Crippen molar-refractivity contribution in [3.8, 4) is 5.75 Å². The van der Waals surface area contributed by atoms with Gasteiger partial charge < -0.3 is 9.84 Å². The summed E-state index contributed by atoms with van der Waals surface area (Å²) in [5.41, 5.74) is 0.684. The number of rotatable bonds is 9. The number of thioether (sulfide) groups is 1. The fourth-order valence-corrected chi connectivity index (χ4v) is 3.84. The fraction of sp³-hybridized carbons (Fsp3) is 0.368. The number of hydrogen-bond acceptors (Lipinski definition) is 6. The van der Waals surface area contributed by atoms with Crippen LogP contribution in [0.15, 0.2) is 29.2 Å². The van der Waals surface area contributed by atoms with E-state index in [2.05, 4.69) is 0 Å². The Morgan fingerprint density at radius 3 is 2.70 bits per heavy atom. The van der Waals surface area contributed by atoms with Crippen molar-refractivity contribution in [3.05, 3.63) is 34.7 Å². The summed E-state index contributed by atoms with van der Waals surface area (Å²) in [6.45, 7) is 3.63. The number of hydrogen-bond donors (Lipinski definition) is 1. The number of carbonyl (C=O) groups excluding carboxylic acids is 2. The molecule has 0 bridgehead atoms. The minimum Gasteiger partial charge on any atom is -0.482 e. The number of aliphatic carboxylic acids is 1. The third-order valence-corrected chi connectivity index (χ3v) is 5.32. The first kappa shape index (κ1) is 21.1. The summed E-state index contributed by atoms with van der Waals surface area (Å²) >= 11 is 6.42. The molecule has 0 aromatic heterocycles. The van der Waals surface area contributed by atoms with Gasteiger partial charge in [-0.25, -0.2) is 0 Å². The minimum absolute atomic E-state index is 0.0176. The molecule has 6 nitrogen and oxygen atoms in total. The summed E-state index contributed by atoms with van der Waals surface area (Å²) in [4.78, 5) is 36.8. The van der Waals surface area contributed by atoms with E-state index in [0.29, 0.717) is 33.4 Å². The largest absolute Gasteiger partial charge is 0.482 e. The molecule has 1 aliphatic rings. The van der Waals surface area contributed by atoms with Crippen LogP contribution in [-0.2, 0) is 14.4 Å². The van der Waals surface area contributed by atoms with Crippen molar-refractivity contribution in [2.24, 2.45) is 0 Å². The Morgan fingerprint density at radius 2 is 2.07 bits per heavy atom. The Kier molecular flexibility index (Phi) is 7.55. The highest BCUT2D eigenvalue weighted by molar-refractivity contribution is 8.26. The number of Topliss-reactive ketones (excluding diaryl/α,β-unsaturated/α-hetero) is 1. The molecule has 1 atom stereocenters. The molecule has 0 saturated carbocycles. The van der Waals surface area contributed by atoms with Crippen LogP contribution >= 0.6 is 24.0 Å². The predicted molar refractivity (Wildman–Crippen MR) is 109 cm³/mol. The van der Waals surface area contributed by atoms with Crippen LogP contribution in [0.25, 0.3) is 6.08 Å². The van der Waals surface area contributed by atoms with Gasteiger partial charge >= 0.3 is 5.97 Å². The van der Waals surface area contributed by atoms with Crippen molar-refractivity contribution in [3.63, 3.8) is 0 Å². The summed E-state index contributed by atoms with van der Waals surface area (Å²) < 4.78 is 6.23. The van der Waals surface area contributed by atoms with Crippen LogP contribution < -0.4 is 4.74 Å². The van der Waals surface area contributed by atoms with Gasteiger partial charge in [-0.2, -0.15) is 0 Å². The molecular formula is C19H21NO5S2. The second kappa shape index (κ2) is 9.66. The molecule has 1 heterocycles. The first-order chi connectivity index (χ1) is 12.8. The average molecular weight is 408 g/mol. The molecule has 8 heteroatoms. The third-order valence-electron chi connectivity index (χ3n) is 3.94. The highest BCUT2D eigenvalue weighted by atomic mass is 32.2. The number of para-hydroxylation sites is 1. The molecule has 1 aromatic carbocycles. The zero-order valence-corrected chi connectivity index (χ0v) is 16.8. The van der Waals surface area contributed by atoms with Crippen molar-refractivity contribution in [2.45, 2.75) is 39.2 Å². The minimum atomic E-state index is -0.905. The number of carboxylic acid groups (broad SMARTS) is 1. The van der Waals surface area contributed by atoms with Crippen molar-refractivity contribution in [1.29, 1.82) is 0 Å². The molecule has 1 fully saturated rings. The lowest BCUT2D eigenvalue weighted by atomic mass is 10.1. The maximum Gasteiger partial charge on any atom is 0.303 e. The standard InChI is InChI=1S/C19H21NO5S2/c1-3-14(12(2)21)25-15-8-5-4-7-13(15)11-16-18(24)20(19(26)27-16)10-6-9-17(22)23/h4-5,7-8,11,14H,3,6,9-10H2,1-2H3,(H,22,23)/b16-11-. The highest BCUT2D eigenvalue weighted by Crippen LogP contribution is 2.34. The maximum atomic E-state index is 12.6. The zero-order valence-electron chi connectivity index (χ0n) is 15.1. The molecule has 1 N–H and O–H groups in total. The van der Waals surface area contributed by atoms with Crippen molar-refractivity contribution < 1.29 is 24.2 Å².